The van der Waals surface area contributed by atoms with Gasteiger partial charge in [-0.25, -0.2) is 4.99 Å². The number of ether oxygens (including phenoxy) is 1. The molecule has 2 radical (unpaired) electrons. The lowest BCUT2D eigenvalue weighted by atomic mass is 10.5. The summed E-state index contributed by atoms with van der Waals surface area (Å²) in [4.78, 5) is 4.07. The number of rotatable bonds is 0. The van der Waals surface area contributed by atoms with Gasteiger partial charge in [-0.2, -0.15) is 0 Å². The van der Waals surface area contributed by atoms with E-state index < -0.39 is 0 Å². The van der Waals surface area contributed by atoms with Crippen LogP contribution in [0.3, 0.4) is 0 Å². The third-order valence-electron chi connectivity index (χ3n) is 1.27. The van der Waals surface area contributed by atoms with Gasteiger partial charge in [-0.15, -0.1) is 0 Å². The highest BCUT2D eigenvalue weighted by molar-refractivity contribution is 8.00. The van der Waals surface area contributed by atoms with Crippen LogP contribution in [0, 0.1) is 6.61 Å². The molecule has 0 unspecified atom stereocenters. The number of allylic oxidation sites excluding steroid dienone is 2. The molecule has 0 saturated heterocycles. The van der Waals surface area contributed by atoms with Gasteiger partial charge in [-0.1, -0.05) is 6.08 Å². The third-order valence-corrected chi connectivity index (χ3v) is 2.07. The van der Waals surface area contributed by atoms with Gasteiger partial charge in [0.25, 0.3) is 6.61 Å². The lowest BCUT2D eigenvalue weighted by molar-refractivity contribution is 0.356. The van der Waals surface area contributed by atoms with Crippen molar-refractivity contribution in [3.05, 3.63) is 42.8 Å². The number of amidine groups is 1. The maximum Gasteiger partial charge on any atom is 0.268 e. The first-order chi connectivity index (χ1) is 5.97. The molecule has 0 amide bonds. The lowest BCUT2D eigenvalue weighted by Crippen LogP contribution is -2.20. The fraction of sp³-hybridized carbons (Fsp3) is 0. The maximum atomic E-state index is 4.86. The van der Waals surface area contributed by atoms with E-state index in [-0.39, 0.29) is 0 Å². The molecule has 60 valence electrons. The molecule has 0 aromatic carbocycles. The average molecular weight is 178 g/mol. The molecular weight excluding hydrogens is 172 g/mol. The Morgan fingerprint density at radius 1 is 1.50 bits per heavy atom. The Balaban J connectivity index is 2.09. The summed E-state index contributed by atoms with van der Waals surface area (Å²) in [6.45, 7) is 2.67. The minimum atomic E-state index is 0.670. The zero-order chi connectivity index (χ0) is 8.23. The first-order valence-corrected chi connectivity index (χ1v) is 4.24. The van der Waals surface area contributed by atoms with Crippen LogP contribution < -0.4 is 0 Å². The Morgan fingerprint density at radius 3 is 3.17 bits per heavy atom. The summed E-state index contributed by atoms with van der Waals surface area (Å²) in [5.74, 6) is 0.670. The van der Waals surface area contributed by atoms with E-state index in [0.29, 0.717) is 5.84 Å². The highest BCUT2D eigenvalue weighted by atomic mass is 32.2. The van der Waals surface area contributed by atoms with Crippen LogP contribution in [0.2, 0.25) is 0 Å². The van der Waals surface area contributed by atoms with Gasteiger partial charge in [0, 0.05) is 6.20 Å². The van der Waals surface area contributed by atoms with E-state index in [2.05, 4.69) is 11.6 Å². The molecule has 4 heteroatoms. The number of hydrogen-bond acceptors (Lipinski definition) is 4. The number of nitrogens with zero attached hydrogens (tertiary/aromatic N) is 2. The van der Waals surface area contributed by atoms with Gasteiger partial charge in [0.05, 0.1) is 6.20 Å². The topological polar surface area (TPSA) is 24.8 Å². The lowest BCUT2D eigenvalue weighted by Gasteiger charge is -2.19. The predicted octanol–water partition coefficient (Wildman–Crippen LogP) is 1.92. The molecule has 2 aliphatic heterocycles. The Morgan fingerprint density at radius 2 is 2.50 bits per heavy atom. The highest BCUT2D eigenvalue weighted by Crippen LogP contribution is 2.19. The smallest absolute Gasteiger partial charge is 0.268 e. The van der Waals surface area contributed by atoms with Gasteiger partial charge in [0.15, 0.2) is 5.84 Å². The van der Waals surface area contributed by atoms with Crippen LogP contribution in [0.15, 0.2) is 41.2 Å². The SMILES string of the molecule is [C]1OC=CN=C1N1C=CC=CS1. The molecule has 0 aromatic heterocycles. The van der Waals surface area contributed by atoms with Crippen molar-refractivity contribution in [1.29, 1.82) is 0 Å². The molecular formula is C8H6N2OS. The summed E-state index contributed by atoms with van der Waals surface area (Å²) in [5.41, 5.74) is 0. The van der Waals surface area contributed by atoms with E-state index in [0.717, 1.165) is 0 Å². The molecule has 0 aromatic rings. The largest absolute Gasteiger partial charge is 0.475 e. The maximum absolute atomic E-state index is 4.86. The monoisotopic (exact) mass is 178 g/mol. The van der Waals surface area contributed by atoms with Crippen LogP contribution in [-0.4, -0.2) is 10.1 Å². The van der Waals surface area contributed by atoms with Crippen molar-refractivity contribution in [2.75, 3.05) is 0 Å². The summed E-state index contributed by atoms with van der Waals surface area (Å²) in [6.07, 6.45) is 8.87. The molecule has 0 bridgehead atoms. The van der Waals surface area contributed by atoms with Crippen LogP contribution >= 0.6 is 11.9 Å². The van der Waals surface area contributed by atoms with E-state index >= 15 is 0 Å². The molecule has 0 aliphatic carbocycles. The van der Waals surface area contributed by atoms with E-state index in [1.807, 2.05) is 28.1 Å². The van der Waals surface area contributed by atoms with E-state index in [1.54, 1.807) is 6.20 Å². The van der Waals surface area contributed by atoms with Crippen molar-refractivity contribution in [2.24, 2.45) is 4.99 Å². The minimum Gasteiger partial charge on any atom is -0.475 e. The highest BCUT2D eigenvalue weighted by Gasteiger charge is 2.13. The molecule has 3 nitrogen and oxygen atoms in total. The van der Waals surface area contributed by atoms with Gasteiger partial charge >= 0.3 is 0 Å². The van der Waals surface area contributed by atoms with Crippen molar-refractivity contribution in [3.63, 3.8) is 0 Å². The summed E-state index contributed by atoms with van der Waals surface area (Å²) in [7, 11) is 0. The minimum absolute atomic E-state index is 0.670. The van der Waals surface area contributed by atoms with Gasteiger partial charge in [0.2, 0.25) is 0 Å². The van der Waals surface area contributed by atoms with Crippen molar-refractivity contribution >= 4 is 17.8 Å². The van der Waals surface area contributed by atoms with Crippen LogP contribution in [-0.2, 0) is 4.74 Å². The Hall–Kier alpha value is -1.16. The zero-order valence-corrected chi connectivity index (χ0v) is 6.99. The van der Waals surface area contributed by atoms with Crippen molar-refractivity contribution in [1.82, 2.24) is 4.31 Å². The van der Waals surface area contributed by atoms with Crippen molar-refractivity contribution < 1.29 is 4.74 Å². The van der Waals surface area contributed by atoms with Gasteiger partial charge in [0.1, 0.15) is 6.26 Å². The van der Waals surface area contributed by atoms with Crippen molar-refractivity contribution in [3.8, 4) is 0 Å². The molecule has 0 saturated carbocycles. The first-order valence-electron chi connectivity index (χ1n) is 3.41. The second-order valence-electron chi connectivity index (χ2n) is 2.06. The van der Waals surface area contributed by atoms with E-state index in [4.69, 9.17) is 4.74 Å². The van der Waals surface area contributed by atoms with Crippen LogP contribution in [0.25, 0.3) is 0 Å². The zero-order valence-electron chi connectivity index (χ0n) is 6.18. The number of hydrogen-bond donors (Lipinski definition) is 0. The normalized spacial score (nSPS) is 20.7. The molecule has 0 N–H and O–H groups in total. The summed E-state index contributed by atoms with van der Waals surface area (Å²) in [5, 5.41) is 1.96. The predicted molar refractivity (Wildman–Crippen MR) is 48.6 cm³/mol. The molecule has 12 heavy (non-hydrogen) atoms. The first kappa shape index (κ1) is 7.49. The van der Waals surface area contributed by atoms with E-state index in [9.17, 15) is 0 Å². The fourth-order valence-electron chi connectivity index (χ4n) is 0.776. The van der Waals surface area contributed by atoms with Crippen LogP contribution in [0.1, 0.15) is 0 Å². The molecule has 0 atom stereocenters. The Labute approximate surface area is 75.2 Å². The average Bonchev–Trinajstić information content (AvgIpc) is 2.21. The van der Waals surface area contributed by atoms with Gasteiger partial charge in [-0.3, -0.25) is 4.31 Å². The van der Waals surface area contributed by atoms with Crippen LogP contribution in [0.5, 0.6) is 0 Å². The quantitative estimate of drug-likeness (QED) is 0.530. The second-order valence-corrected chi connectivity index (χ2v) is 2.94. The van der Waals surface area contributed by atoms with Gasteiger partial charge in [-0.05, 0) is 23.4 Å². The third kappa shape index (κ3) is 1.53. The standard InChI is InChI=1S/C8H6N2OS/c1-2-6-12-10(4-1)8-7-11-5-3-9-8/h1-6H. The van der Waals surface area contributed by atoms with E-state index in [1.165, 1.54) is 18.2 Å². The Kier molecular flexibility index (Phi) is 2.18. The summed E-state index contributed by atoms with van der Waals surface area (Å²) >= 11 is 1.53. The second kappa shape index (κ2) is 3.49. The molecule has 0 spiro atoms. The fourth-order valence-corrected chi connectivity index (χ4v) is 1.39. The molecule has 2 aliphatic rings. The Bertz CT molecular complexity index is 281. The van der Waals surface area contributed by atoms with Crippen molar-refractivity contribution in [2.45, 2.75) is 0 Å². The van der Waals surface area contributed by atoms with Gasteiger partial charge < -0.3 is 4.74 Å². The number of aliphatic imine (C=N–C) groups is 1. The molecule has 0 fully saturated rings. The molecule has 2 heterocycles. The van der Waals surface area contributed by atoms with Crippen LogP contribution in [0.4, 0.5) is 0 Å². The molecule has 2 rings (SSSR count). The summed E-state index contributed by atoms with van der Waals surface area (Å²) in [6, 6.07) is 0. The summed E-state index contributed by atoms with van der Waals surface area (Å²) < 4.78 is 6.73.